The van der Waals surface area contributed by atoms with Gasteiger partial charge in [-0.3, -0.25) is 4.79 Å². The van der Waals surface area contributed by atoms with Crippen LogP contribution in [0.4, 0.5) is 0 Å². The first-order valence-electron chi connectivity index (χ1n) is 9.46. The predicted molar refractivity (Wildman–Crippen MR) is 122 cm³/mol. The summed E-state index contributed by atoms with van der Waals surface area (Å²) in [4.78, 5) is 16.7. The van der Waals surface area contributed by atoms with Gasteiger partial charge in [0.15, 0.2) is 0 Å². The molecule has 1 amide bonds. The van der Waals surface area contributed by atoms with E-state index in [-0.39, 0.29) is 11.9 Å². The third kappa shape index (κ3) is 5.22. The molecule has 0 aromatic heterocycles. The van der Waals surface area contributed by atoms with Gasteiger partial charge in [-0.25, -0.2) is 0 Å². The van der Waals surface area contributed by atoms with Crippen LogP contribution in [0.3, 0.4) is 0 Å². The van der Waals surface area contributed by atoms with E-state index in [0.717, 1.165) is 15.4 Å². The second-order valence-corrected chi connectivity index (χ2v) is 8.41. The number of carbonyl (C=O) groups is 1. The first-order chi connectivity index (χ1) is 14.5. The van der Waals surface area contributed by atoms with Crippen molar-refractivity contribution in [3.8, 4) is 6.07 Å². The van der Waals surface area contributed by atoms with Crippen molar-refractivity contribution in [1.82, 2.24) is 10.2 Å². The number of rotatable bonds is 7. The van der Waals surface area contributed by atoms with Crippen molar-refractivity contribution in [3.63, 3.8) is 0 Å². The number of nitrogens with zero attached hydrogens (tertiary/aromatic N) is 2. The Labute approximate surface area is 186 Å². The van der Waals surface area contributed by atoms with Crippen LogP contribution in [0, 0.1) is 11.3 Å². The molecule has 30 heavy (non-hydrogen) atoms. The van der Waals surface area contributed by atoms with E-state index in [1.807, 2.05) is 79.7 Å². The summed E-state index contributed by atoms with van der Waals surface area (Å²) in [6.45, 7) is 0.420. The molecule has 0 aliphatic carbocycles. The van der Waals surface area contributed by atoms with Gasteiger partial charge in [0.05, 0.1) is 17.2 Å². The molecule has 6 heteroatoms. The van der Waals surface area contributed by atoms with E-state index in [1.54, 1.807) is 12.1 Å². The largest absolute Gasteiger partial charge is 0.350 e. The molecule has 0 aliphatic rings. The normalized spacial score (nSPS) is 11.7. The van der Waals surface area contributed by atoms with Gasteiger partial charge >= 0.3 is 0 Å². The van der Waals surface area contributed by atoms with Crippen LogP contribution in [0.5, 0.6) is 0 Å². The minimum Gasteiger partial charge on any atom is -0.350 e. The fourth-order valence-electron chi connectivity index (χ4n) is 3.11. The van der Waals surface area contributed by atoms with Crippen LogP contribution in [-0.2, 0) is 0 Å². The van der Waals surface area contributed by atoms with E-state index in [9.17, 15) is 10.1 Å². The molecule has 3 aromatic carbocycles. The Morgan fingerprint density at radius 2 is 1.67 bits per heavy atom. The third-order valence-electron chi connectivity index (χ3n) is 4.70. The predicted octanol–water partition coefficient (Wildman–Crippen LogP) is 5.40. The Balaban J connectivity index is 1.79. The van der Waals surface area contributed by atoms with E-state index in [0.29, 0.717) is 22.7 Å². The molecule has 0 saturated heterocycles. The van der Waals surface area contributed by atoms with Crippen molar-refractivity contribution in [2.45, 2.75) is 15.8 Å². The van der Waals surface area contributed by atoms with Gasteiger partial charge in [-0.05, 0) is 50.0 Å². The molecule has 3 rings (SSSR count). The maximum Gasteiger partial charge on any atom is 0.252 e. The van der Waals surface area contributed by atoms with E-state index in [4.69, 9.17) is 11.6 Å². The minimum absolute atomic E-state index is 0.0539. The van der Waals surface area contributed by atoms with Crippen LogP contribution >= 0.6 is 23.4 Å². The Morgan fingerprint density at radius 1 is 1.03 bits per heavy atom. The van der Waals surface area contributed by atoms with Crippen molar-refractivity contribution >= 4 is 29.3 Å². The highest BCUT2D eigenvalue weighted by Gasteiger charge is 2.19. The quantitative estimate of drug-likeness (QED) is 0.540. The molecule has 3 aromatic rings. The molecule has 0 bridgehead atoms. The van der Waals surface area contributed by atoms with Crippen molar-refractivity contribution in [3.05, 3.63) is 94.5 Å². The van der Waals surface area contributed by atoms with Gasteiger partial charge < -0.3 is 10.2 Å². The number of hydrogen-bond donors (Lipinski definition) is 1. The lowest BCUT2D eigenvalue weighted by molar-refractivity contribution is 0.0939. The number of carbonyl (C=O) groups excluding carboxylic acids is 1. The zero-order chi connectivity index (χ0) is 21.5. The van der Waals surface area contributed by atoms with Gasteiger partial charge in [0, 0.05) is 21.4 Å². The van der Waals surface area contributed by atoms with Crippen LogP contribution in [0.15, 0.2) is 82.6 Å². The molecule has 0 heterocycles. The molecule has 0 radical (unpaired) electrons. The first kappa shape index (κ1) is 21.9. The molecule has 152 valence electrons. The van der Waals surface area contributed by atoms with E-state index in [2.05, 4.69) is 11.4 Å². The molecular formula is C24H22ClN3OS. The van der Waals surface area contributed by atoms with E-state index < -0.39 is 0 Å². The Hall–Kier alpha value is -2.78. The van der Waals surface area contributed by atoms with E-state index in [1.165, 1.54) is 11.8 Å². The lowest BCUT2D eigenvalue weighted by Crippen LogP contribution is -2.34. The molecule has 1 N–H and O–H groups in total. The standard InChI is InChI=1S/C24H22ClN3OS/c1-28(2)21(18-10-4-6-12-20(18)25)16-27-24(29)19-11-5-8-14-23(19)30-22-13-7-3-9-17(22)15-26/h3-14,21H,16H2,1-2H3,(H,27,29). The summed E-state index contributed by atoms with van der Waals surface area (Å²) in [6, 6.07) is 24.6. The zero-order valence-corrected chi connectivity index (χ0v) is 18.4. The number of hydrogen-bond acceptors (Lipinski definition) is 4. The topological polar surface area (TPSA) is 56.1 Å². The molecule has 1 atom stereocenters. The number of amides is 1. The lowest BCUT2D eigenvalue weighted by atomic mass is 10.1. The molecular weight excluding hydrogens is 414 g/mol. The highest BCUT2D eigenvalue weighted by atomic mass is 35.5. The van der Waals surface area contributed by atoms with Gasteiger partial charge in [0.2, 0.25) is 0 Å². The summed E-state index contributed by atoms with van der Waals surface area (Å²) in [5, 5.41) is 13.1. The fraction of sp³-hybridized carbons (Fsp3) is 0.167. The maximum atomic E-state index is 13.0. The summed E-state index contributed by atoms with van der Waals surface area (Å²) in [6.07, 6.45) is 0. The van der Waals surface area contributed by atoms with Crippen LogP contribution in [-0.4, -0.2) is 31.4 Å². The highest BCUT2D eigenvalue weighted by Crippen LogP contribution is 2.32. The average Bonchev–Trinajstić information content (AvgIpc) is 2.75. The van der Waals surface area contributed by atoms with Crippen LogP contribution in [0.1, 0.15) is 27.5 Å². The molecule has 4 nitrogen and oxygen atoms in total. The highest BCUT2D eigenvalue weighted by molar-refractivity contribution is 7.99. The van der Waals surface area contributed by atoms with Crippen molar-refractivity contribution in [2.75, 3.05) is 20.6 Å². The molecule has 0 saturated carbocycles. The Bertz CT molecular complexity index is 1080. The van der Waals surface area contributed by atoms with Crippen LogP contribution < -0.4 is 5.32 Å². The smallest absolute Gasteiger partial charge is 0.252 e. The van der Waals surface area contributed by atoms with Crippen molar-refractivity contribution in [2.24, 2.45) is 0 Å². The second-order valence-electron chi connectivity index (χ2n) is 6.92. The average molecular weight is 436 g/mol. The summed E-state index contributed by atoms with van der Waals surface area (Å²) in [5.41, 5.74) is 2.13. The van der Waals surface area contributed by atoms with Gasteiger partial charge in [0.1, 0.15) is 6.07 Å². The number of nitriles is 1. The summed E-state index contributed by atoms with van der Waals surface area (Å²) >= 11 is 7.79. The first-order valence-corrected chi connectivity index (χ1v) is 10.7. The van der Waals surface area contributed by atoms with Crippen LogP contribution in [0.25, 0.3) is 0 Å². The number of benzene rings is 3. The second kappa shape index (κ2) is 10.3. The van der Waals surface area contributed by atoms with Gasteiger partial charge in [0.25, 0.3) is 5.91 Å². The van der Waals surface area contributed by atoms with Gasteiger partial charge in [-0.15, -0.1) is 0 Å². The summed E-state index contributed by atoms with van der Waals surface area (Å²) in [5.74, 6) is -0.161. The molecule has 0 spiro atoms. The van der Waals surface area contributed by atoms with Crippen molar-refractivity contribution < 1.29 is 4.79 Å². The number of nitrogens with one attached hydrogen (secondary N) is 1. The zero-order valence-electron chi connectivity index (χ0n) is 16.8. The summed E-state index contributed by atoms with van der Waals surface area (Å²) in [7, 11) is 3.92. The summed E-state index contributed by atoms with van der Waals surface area (Å²) < 4.78 is 0. The third-order valence-corrected chi connectivity index (χ3v) is 6.20. The fourth-order valence-corrected chi connectivity index (χ4v) is 4.40. The number of halogens is 1. The van der Waals surface area contributed by atoms with Crippen molar-refractivity contribution in [1.29, 1.82) is 5.26 Å². The number of likely N-dealkylation sites (N-methyl/N-ethyl adjacent to an activating group) is 1. The van der Waals surface area contributed by atoms with Gasteiger partial charge in [-0.2, -0.15) is 5.26 Å². The SMILES string of the molecule is CN(C)C(CNC(=O)c1ccccc1Sc1ccccc1C#N)c1ccccc1Cl. The Kier molecular flexibility index (Phi) is 7.53. The lowest BCUT2D eigenvalue weighted by Gasteiger charge is -2.26. The van der Waals surface area contributed by atoms with E-state index >= 15 is 0 Å². The van der Waals surface area contributed by atoms with Gasteiger partial charge in [-0.1, -0.05) is 65.8 Å². The molecule has 0 fully saturated rings. The maximum absolute atomic E-state index is 13.0. The Morgan fingerprint density at radius 3 is 2.37 bits per heavy atom. The van der Waals surface area contributed by atoms with Crippen LogP contribution in [0.2, 0.25) is 5.02 Å². The minimum atomic E-state index is -0.161. The molecule has 0 aliphatic heterocycles. The monoisotopic (exact) mass is 435 g/mol. The molecule has 1 unspecified atom stereocenters.